The van der Waals surface area contributed by atoms with Gasteiger partial charge in [-0.2, -0.15) is 11.8 Å². The number of hydrogen-bond donors (Lipinski definition) is 2. The van der Waals surface area contributed by atoms with Crippen molar-refractivity contribution >= 4 is 35.0 Å². The molecule has 1 aliphatic heterocycles. The summed E-state index contributed by atoms with van der Waals surface area (Å²) in [7, 11) is 0. The Balaban J connectivity index is 2.06. The van der Waals surface area contributed by atoms with Crippen LogP contribution in [0.1, 0.15) is 23.2 Å². The molecule has 1 unspecified atom stereocenters. The molecule has 2 rings (SSSR count). The van der Waals surface area contributed by atoms with Crippen LogP contribution >= 0.6 is 23.4 Å². The van der Waals surface area contributed by atoms with E-state index < -0.39 is 5.97 Å². The minimum Gasteiger partial charge on any atom is -0.478 e. The molecule has 1 atom stereocenters. The van der Waals surface area contributed by atoms with Gasteiger partial charge in [0.2, 0.25) is 0 Å². The van der Waals surface area contributed by atoms with E-state index in [0.717, 1.165) is 17.9 Å². The molecule has 2 N–H and O–H groups in total. The fourth-order valence-corrected chi connectivity index (χ4v) is 3.20. The summed E-state index contributed by atoms with van der Waals surface area (Å²) in [5.41, 5.74) is 1.04. The fraction of sp³-hybridized carbons (Fsp3) is 0.417. The molecule has 1 aromatic rings. The van der Waals surface area contributed by atoms with Gasteiger partial charge in [-0.15, -0.1) is 0 Å². The lowest BCUT2D eigenvalue weighted by atomic mass is 10.1. The largest absolute Gasteiger partial charge is 0.478 e. The first kappa shape index (κ1) is 12.6. The van der Waals surface area contributed by atoms with E-state index in [1.807, 2.05) is 11.8 Å². The molecule has 1 heterocycles. The fourth-order valence-electron chi connectivity index (χ4n) is 1.87. The summed E-state index contributed by atoms with van der Waals surface area (Å²) in [5.74, 6) is 1.34. The number of rotatable bonds is 3. The maximum absolute atomic E-state index is 10.8. The summed E-state index contributed by atoms with van der Waals surface area (Å²) in [4.78, 5) is 10.8. The Kier molecular flexibility index (Phi) is 4.18. The monoisotopic (exact) mass is 271 g/mol. The van der Waals surface area contributed by atoms with Crippen molar-refractivity contribution in [3.63, 3.8) is 0 Å². The summed E-state index contributed by atoms with van der Waals surface area (Å²) in [6.45, 7) is 0. The van der Waals surface area contributed by atoms with Crippen LogP contribution in [0.15, 0.2) is 18.2 Å². The van der Waals surface area contributed by atoms with Crippen molar-refractivity contribution in [3.8, 4) is 0 Å². The highest BCUT2D eigenvalue weighted by Gasteiger charge is 2.14. The number of benzene rings is 1. The van der Waals surface area contributed by atoms with Crippen LogP contribution in [-0.4, -0.2) is 28.6 Å². The molecule has 92 valence electrons. The van der Waals surface area contributed by atoms with Crippen LogP contribution in [0.2, 0.25) is 5.02 Å². The molecule has 0 radical (unpaired) electrons. The molecule has 1 fully saturated rings. The first-order chi connectivity index (χ1) is 8.16. The molecule has 5 heteroatoms. The third-order valence-corrected chi connectivity index (χ3v) is 4.26. The quantitative estimate of drug-likeness (QED) is 0.885. The lowest BCUT2D eigenvalue weighted by molar-refractivity contribution is 0.0697. The van der Waals surface area contributed by atoms with Crippen LogP contribution in [-0.2, 0) is 0 Å². The summed E-state index contributed by atoms with van der Waals surface area (Å²) < 4.78 is 0. The third kappa shape index (κ3) is 3.30. The highest BCUT2D eigenvalue weighted by Crippen LogP contribution is 2.24. The van der Waals surface area contributed by atoms with Crippen molar-refractivity contribution < 1.29 is 9.90 Å². The molecule has 1 aliphatic rings. The van der Waals surface area contributed by atoms with Gasteiger partial charge in [0.1, 0.15) is 0 Å². The van der Waals surface area contributed by atoms with E-state index in [-0.39, 0.29) is 10.6 Å². The first-order valence-corrected chi connectivity index (χ1v) is 7.07. The lowest BCUT2D eigenvalue weighted by Gasteiger charge is -2.23. The summed E-state index contributed by atoms with van der Waals surface area (Å²) in [6, 6.07) is 5.46. The predicted octanol–water partition coefficient (Wildman–Crippen LogP) is 3.35. The van der Waals surface area contributed by atoms with Gasteiger partial charge in [0, 0.05) is 17.5 Å². The van der Waals surface area contributed by atoms with Crippen LogP contribution < -0.4 is 5.32 Å². The SMILES string of the molecule is O=C(O)c1ccc(NC2CCCSC2)cc1Cl. The Bertz CT molecular complexity index is 419. The highest BCUT2D eigenvalue weighted by molar-refractivity contribution is 7.99. The van der Waals surface area contributed by atoms with Gasteiger partial charge in [-0.05, 0) is 36.8 Å². The average Bonchev–Trinajstić information content (AvgIpc) is 2.30. The predicted molar refractivity (Wildman–Crippen MR) is 72.4 cm³/mol. The van der Waals surface area contributed by atoms with Gasteiger partial charge in [0.15, 0.2) is 0 Å². The Morgan fingerprint density at radius 3 is 2.94 bits per heavy atom. The molecule has 0 saturated carbocycles. The van der Waals surface area contributed by atoms with Gasteiger partial charge in [0.05, 0.1) is 10.6 Å². The summed E-state index contributed by atoms with van der Waals surface area (Å²) in [6.07, 6.45) is 2.38. The van der Waals surface area contributed by atoms with Gasteiger partial charge in [-0.25, -0.2) is 4.79 Å². The standard InChI is InChI=1S/C12H14ClNO2S/c13-11-6-8(3-4-10(11)12(15)16)14-9-2-1-5-17-7-9/h3-4,6,9,14H,1-2,5,7H2,(H,15,16). The van der Waals surface area contributed by atoms with Gasteiger partial charge in [-0.1, -0.05) is 11.6 Å². The highest BCUT2D eigenvalue weighted by atomic mass is 35.5. The molecule has 0 aliphatic carbocycles. The molecule has 0 aromatic heterocycles. The first-order valence-electron chi connectivity index (χ1n) is 5.54. The van der Waals surface area contributed by atoms with E-state index in [2.05, 4.69) is 5.32 Å². The second-order valence-corrected chi connectivity index (χ2v) is 5.62. The molecule has 1 aromatic carbocycles. The summed E-state index contributed by atoms with van der Waals surface area (Å²) >= 11 is 7.86. The molecular formula is C12H14ClNO2S. The maximum Gasteiger partial charge on any atom is 0.337 e. The van der Waals surface area contributed by atoms with Crippen molar-refractivity contribution in [2.45, 2.75) is 18.9 Å². The van der Waals surface area contributed by atoms with Crippen molar-refractivity contribution in [1.82, 2.24) is 0 Å². The molecule has 3 nitrogen and oxygen atoms in total. The zero-order valence-corrected chi connectivity index (χ0v) is 10.9. The van der Waals surface area contributed by atoms with E-state index in [1.165, 1.54) is 12.2 Å². The molecule has 0 amide bonds. The van der Waals surface area contributed by atoms with Crippen LogP contribution in [0, 0.1) is 0 Å². The third-order valence-electron chi connectivity index (χ3n) is 2.73. The van der Waals surface area contributed by atoms with E-state index in [1.54, 1.807) is 18.2 Å². The Labute approximate surface area is 110 Å². The normalized spacial score (nSPS) is 19.9. The van der Waals surface area contributed by atoms with Crippen LogP contribution in [0.25, 0.3) is 0 Å². The van der Waals surface area contributed by atoms with Crippen molar-refractivity contribution in [3.05, 3.63) is 28.8 Å². The second kappa shape index (κ2) is 5.65. The maximum atomic E-state index is 10.8. The zero-order valence-electron chi connectivity index (χ0n) is 9.28. The molecule has 17 heavy (non-hydrogen) atoms. The van der Waals surface area contributed by atoms with E-state index in [4.69, 9.17) is 16.7 Å². The number of carboxylic acids is 1. The second-order valence-electron chi connectivity index (χ2n) is 4.06. The Morgan fingerprint density at radius 1 is 1.53 bits per heavy atom. The number of carboxylic acid groups (broad SMARTS) is 1. The summed E-state index contributed by atoms with van der Waals surface area (Å²) in [5, 5.41) is 12.5. The van der Waals surface area contributed by atoms with E-state index >= 15 is 0 Å². The van der Waals surface area contributed by atoms with Gasteiger partial charge in [-0.3, -0.25) is 0 Å². The molecule has 1 saturated heterocycles. The van der Waals surface area contributed by atoms with Crippen LogP contribution in [0.4, 0.5) is 5.69 Å². The molecule has 0 bridgehead atoms. The zero-order chi connectivity index (χ0) is 12.3. The number of nitrogens with one attached hydrogen (secondary N) is 1. The van der Waals surface area contributed by atoms with Crippen LogP contribution in [0.3, 0.4) is 0 Å². The minimum atomic E-state index is -0.991. The smallest absolute Gasteiger partial charge is 0.337 e. The number of anilines is 1. The number of thioether (sulfide) groups is 1. The van der Waals surface area contributed by atoms with Crippen LogP contribution in [0.5, 0.6) is 0 Å². The number of carbonyl (C=O) groups is 1. The topological polar surface area (TPSA) is 49.3 Å². The van der Waals surface area contributed by atoms with Gasteiger partial charge >= 0.3 is 5.97 Å². The van der Waals surface area contributed by atoms with E-state index in [9.17, 15) is 4.79 Å². The molecule has 0 spiro atoms. The van der Waals surface area contributed by atoms with E-state index in [0.29, 0.717) is 6.04 Å². The van der Waals surface area contributed by atoms with Crippen molar-refractivity contribution in [1.29, 1.82) is 0 Å². The van der Waals surface area contributed by atoms with Crippen molar-refractivity contribution in [2.75, 3.05) is 16.8 Å². The Morgan fingerprint density at radius 2 is 2.35 bits per heavy atom. The number of aromatic carboxylic acids is 1. The Hall–Kier alpha value is -0.870. The lowest BCUT2D eigenvalue weighted by Crippen LogP contribution is -2.25. The minimum absolute atomic E-state index is 0.148. The molecular weight excluding hydrogens is 258 g/mol. The number of hydrogen-bond acceptors (Lipinski definition) is 3. The van der Waals surface area contributed by atoms with Crippen molar-refractivity contribution in [2.24, 2.45) is 0 Å². The van der Waals surface area contributed by atoms with Gasteiger partial charge in [0.25, 0.3) is 0 Å². The van der Waals surface area contributed by atoms with Gasteiger partial charge < -0.3 is 10.4 Å². The number of halogens is 1. The average molecular weight is 272 g/mol.